The maximum atomic E-state index is 12.7. The number of amides is 1. The van der Waals surface area contributed by atoms with Crippen LogP contribution in [-0.4, -0.2) is 28.2 Å². The van der Waals surface area contributed by atoms with Gasteiger partial charge in [0.2, 0.25) is 0 Å². The van der Waals surface area contributed by atoms with E-state index in [4.69, 9.17) is 0 Å². The van der Waals surface area contributed by atoms with Crippen LogP contribution in [0.2, 0.25) is 0 Å². The Kier molecular flexibility index (Phi) is 5.92. The van der Waals surface area contributed by atoms with Crippen molar-refractivity contribution in [2.24, 2.45) is 0 Å². The molecule has 4 heteroatoms. The first-order chi connectivity index (χ1) is 12.1. The van der Waals surface area contributed by atoms with Gasteiger partial charge in [0.15, 0.2) is 0 Å². The molecule has 2 unspecified atom stereocenters. The Balaban J connectivity index is 1.66. The van der Waals surface area contributed by atoms with Crippen LogP contribution in [0.4, 0.5) is 0 Å². The monoisotopic (exact) mass is 340 g/mol. The summed E-state index contributed by atoms with van der Waals surface area (Å²) < 4.78 is 2.13. The third-order valence-electron chi connectivity index (χ3n) is 5.14. The van der Waals surface area contributed by atoms with E-state index in [1.54, 1.807) is 6.92 Å². The van der Waals surface area contributed by atoms with Crippen molar-refractivity contribution < 1.29 is 9.90 Å². The Hall–Kier alpha value is -2.07. The van der Waals surface area contributed by atoms with Crippen LogP contribution in [0.25, 0.3) is 0 Å². The van der Waals surface area contributed by atoms with Gasteiger partial charge in [-0.1, -0.05) is 43.2 Å². The lowest BCUT2D eigenvalue weighted by Gasteiger charge is -2.21. The highest BCUT2D eigenvalue weighted by Crippen LogP contribution is 2.30. The molecular formula is C21H28N2O2. The number of aliphatic hydroxyl groups excluding tert-OH is 1. The van der Waals surface area contributed by atoms with E-state index in [0.29, 0.717) is 19.0 Å². The van der Waals surface area contributed by atoms with E-state index in [-0.39, 0.29) is 11.8 Å². The van der Waals surface area contributed by atoms with E-state index in [9.17, 15) is 9.90 Å². The maximum Gasteiger partial charge on any atom is 0.267 e. The van der Waals surface area contributed by atoms with E-state index < -0.39 is 6.10 Å². The Labute approximate surface area is 149 Å². The second-order valence-corrected chi connectivity index (χ2v) is 7.14. The Morgan fingerprint density at radius 3 is 2.60 bits per heavy atom. The molecule has 1 saturated carbocycles. The average molecular weight is 340 g/mol. The SMILES string of the molecule is CC(O)CC(CNC(=O)c1cccn1C1CCCC1)c1ccccc1. The van der Waals surface area contributed by atoms with Crippen LogP contribution < -0.4 is 5.32 Å². The van der Waals surface area contributed by atoms with Crippen LogP contribution in [0.1, 0.15) is 67.0 Å². The van der Waals surface area contributed by atoms with E-state index in [2.05, 4.69) is 22.0 Å². The normalized spacial score (nSPS) is 17.4. The summed E-state index contributed by atoms with van der Waals surface area (Å²) in [5.74, 6) is 0.0865. The molecule has 0 radical (unpaired) electrons. The highest BCUT2D eigenvalue weighted by molar-refractivity contribution is 5.92. The second kappa shape index (κ2) is 8.34. The molecule has 0 bridgehead atoms. The summed E-state index contributed by atoms with van der Waals surface area (Å²) in [6.07, 6.45) is 7.06. The summed E-state index contributed by atoms with van der Waals surface area (Å²) in [5.41, 5.74) is 1.89. The lowest BCUT2D eigenvalue weighted by atomic mass is 9.93. The van der Waals surface area contributed by atoms with Gasteiger partial charge in [-0.2, -0.15) is 0 Å². The van der Waals surface area contributed by atoms with Crippen molar-refractivity contribution in [1.82, 2.24) is 9.88 Å². The second-order valence-electron chi connectivity index (χ2n) is 7.14. The van der Waals surface area contributed by atoms with Crippen molar-refractivity contribution >= 4 is 5.91 Å². The number of carbonyl (C=O) groups excluding carboxylic acids is 1. The van der Waals surface area contributed by atoms with Crippen LogP contribution in [0.3, 0.4) is 0 Å². The Morgan fingerprint density at radius 2 is 1.92 bits per heavy atom. The minimum absolute atomic E-state index is 0.0246. The van der Waals surface area contributed by atoms with E-state index in [1.807, 2.05) is 36.5 Å². The van der Waals surface area contributed by atoms with Gasteiger partial charge in [-0.15, -0.1) is 0 Å². The molecule has 1 amide bonds. The molecule has 1 aliphatic rings. The zero-order valence-electron chi connectivity index (χ0n) is 14.9. The molecule has 2 atom stereocenters. The molecule has 1 heterocycles. The number of benzene rings is 1. The standard InChI is InChI=1S/C21H28N2O2/c1-16(24)14-18(17-8-3-2-4-9-17)15-22-21(25)20-12-7-13-23(20)19-10-5-6-11-19/h2-4,7-9,12-13,16,18-19,24H,5-6,10-11,14-15H2,1H3,(H,22,25). The van der Waals surface area contributed by atoms with Gasteiger partial charge in [-0.05, 0) is 43.9 Å². The smallest absolute Gasteiger partial charge is 0.267 e. The van der Waals surface area contributed by atoms with Gasteiger partial charge in [0.25, 0.3) is 5.91 Å². The van der Waals surface area contributed by atoms with Gasteiger partial charge >= 0.3 is 0 Å². The largest absolute Gasteiger partial charge is 0.393 e. The van der Waals surface area contributed by atoms with E-state index in [1.165, 1.54) is 12.8 Å². The van der Waals surface area contributed by atoms with Crippen molar-refractivity contribution in [2.45, 2.75) is 57.1 Å². The summed E-state index contributed by atoms with van der Waals surface area (Å²) in [5, 5.41) is 12.9. The first-order valence-electron chi connectivity index (χ1n) is 9.33. The predicted molar refractivity (Wildman–Crippen MR) is 99.8 cm³/mol. The minimum Gasteiger partial charge on any atom is -0.393 e. The number of aliphatic hydroxyl groups is 1. The van der Waals surface area contributed by atoms with Crippen molar-refractivity contribution in [3.05, 3.63) is 59.9 Å². The highest BCUT2D eigenvalue weighted by Gasteiger charge is 2.22. The molecule has 134 valence electrons. The zero-order chi connectivity index (χ0) is 17.6. The number of aromatic nitrogens is 1. The van der Waals surface area contributed by atoms with E-state index in [0.717, 1.165) is 24.1 Å². The first kappa shape index (κ1) is 17.7. The van der Waals surface area contributed by atoms with Crippen LogP contribution >= 0.6 is 0 Å². The van der Waals surface area contributed by atoms with Gasteiger partial charge in [0.05, 0.1) is 6.10 Å². The fourth-order valence-electron chi connectivity index (χ4n) is 3.87. The third kappa shape index (κ3) is 4.51. The molecule has 1 aromatic heterocycles. The van der Waals surface area contributed by atoms with Crippen LogP contribution in [0.15, 0.2) is 48.7 Å². The molecule has 3 rings (SSSR count). The van der Waals surface area contributed by atoms with Crippen molar-refractivity contribution in [2.75, 3.05) is 6.54 Å². The molecule has 0 saturated heterocycles. The fourth-order valence-corrected chi connectivity index (χ4v) is 3.87. The highest BCUT2D eigenvalue weighted by atomic mass is 16.3. The number of carbonyl (C=O) groups is 1. The zero-order valence-corrected chi connectivity index (χ0v) is 14.9. The third-order valence-corrected chi connectivity index (χ3v) is 5.14. The van der Waals surface area contributed by atoms with Gasteiger partial charge in [0, 0.05) is 24.7 Å². The average Bonchev–Trinajstić information content (AvgIpc) is 3.29. The summed E-state index contributed by atoms with van der Waals surface area (Å²) in [6, 6.07) is 14.4. The number of nitrogens with zero attached hydrogens (tertiary/aromatic N) is 1. The Bertz CT molecular complexity index is 672. The van der Waals surface area contributed by atoms with Crippen molar-refractivity contribution in [1.29, 1.82) is 0 Å². The quantitative estimate of drug-likeness (QED) is 0.803. The minimum atomic E-state index is -0.399. The molecule has 0 spiro atoms. The molecule has 1 aliphatic carbocycles. The summed E-state index contributed by atoms with van der Waals surface area (Å²) in [7, 11) is 0. The first-order valence-corrected chi connectivity index (χ1v) is 9.33. The topological polar surface area (TPSA) is 54.3 Å². The van der Waals surface area contributed by atoms with E-state index >= 15 is 0 Å². The van der Waals surface area contributed by atoms with Crippen molar-refractivity contribution in [3.8, 4) is 0 Å². The maximum absolute atomic E-state index is 12.7. The summed E-state index contributed by atoms with van der Waals surface area (Å²) in [4.78, 5) is 12.7. The van der Waals surface area contributed by atoms with Gasteiger partial charge in [-0.3, -0.25) is 4.79 Å². The summed E-state index contributed by atoms with van der Waals surface area (Å²) in [6.45, 7) is 2.33. The predicted octanol–water partition coefficient (Wildman–Crippen LogP) is 3.89. The lowest BCUT2D eigenvalue weighted by Crippen LogP contribution is -2.31. The lowest BCUT2D eigenvalue weighted by molar-refractivity contribution is 0.0934. The van der Waals surface area contributed by atoms with Crippen LogP contribution in [-0.2, 0) is 0 Å². The molecule has 2 N–H and O–H groups in total. The molecule has 1 fully saturated rings. The molecular weight excluding hydrogens is 312 g/mol. The molecule has 1 aromatic carbocycles. The number of nitrogens with one attached hydrogen (secondary N) is 1. The van der Waals surface area contributed by atoms with Crippen molar-refractivity contribution in [3.63, 3.8) is 0 Å². The number of rotatable bonds is 7. The fraction of sp³-hybridized carbons (Fsp3) is 0.476. The summed E-state index contributed by atoms with van der Waals surface area (Å²) >= 11 is 0. The molecule has 0 aliphatic heterocycles. The number of hydrogen-bond acceptors (Lipinski definition) is 2. The molecule has 2 aromatic rings. The molecule has 4 nitrogen and oxygen atoms in total. The van der Waals surface area contributed by atoms with Crippen LogP contribution in [0, 0.1) is 0 Å². The number of hydrogen-bond donors (Lipinski definition) is 2. The van der Waals surface area contributed by atoms with Gasteiger partial charge in [0.1, 0.15) is 5.69 Å². The Morgan fingerprint density at radius 1 is 1.20 bits per heavy atom. The van der Waals surface area contributed by atoms with Gasteiger partial charge in [-0.25, -0.2) is 0 Å². The molecule has 25 heavy (non-hydrogen) atoms. The van der Waals surface area contributed by atoms with Crippen LogP contribution in [0.5, 0.6) is 0 Å². The van der Waals surface area contributed by atoms with Gasteiger partial charge < -0.3 is 15.0 Å².